The van der Waals surface area contributed by atoms with Crippen LogP contribution >= 0.6 is 0 Å². The van der Waals surface area contributed by atoms with Crippen molar-refractivity contribution in [3.63, 3.8) is 0 Å². The minimum absolute atomic E-state index is 0.233. The second-order valence-electron chi connectivity index (χ2n) is 7.01. The largest absolute Gasteiger partial charge is 0.463 e. The van der Waals surface area contributed by atoms with E-state index in [1.807, 2.05) is 79.7 Å². The van der Waals surface area contributed by atoms with Gasteiger partial charge in [0.15, 0.2) is 0 Å². The molecule has 0 bridgehead atoms. The first kappa shape index (κ1) is 22.1. The molecule has 5 heteroatoms. The molecule has 0 spiro atoms. The Morgan fingerprint density at radius 1 is 0.871 bits per heavy atom. The van der Waals surface area contributed by atoms with Crippen molar-refractivity contribution < 1.29 is 19.1 Å². The molecule has 1 atom stereocenters. The molecule has 0 amide bonds. The van der Waals surface area contributed by atoms with E-state index in [9.17, 15) is 9.59 Å². The first-order valence-corrected chi connectivity index (χ1v) is 10.4. The van der Waals surface area contributed by atoms with Crippen LogP contribution in [0.3, 0.4) is 0 Å². The van der Waals surface area contributed by atoms with Crippen molar-refractivity contribution >= 4 is 23.7 Å². The number of carbonyl (C=O) groups is 2. The highest BCUT2D eigenvalue weighted by Crippen LogP contribution is 2.36. The van der Waals surface area contributed by atoms with Crippen molar-refractivity contribution in [2.45, 2.75) is 20.8 Å². The van der Waals surface area contributed by atoms with Gasteiger partial charge in [-0.05, 0) is 31.9 Å². The van der Waals surface area contributed by atoms with E-state index in [0.717, 1.165) is 11.1 Å². The Hall–Kier alpha value is -3.60. The normalized spacial score (nSPS) is 16.3. The SMILES string of the molecule is CCOC(=O)C1=C(C)NC(c2ccccc2)=C(C(=O)OCC)[C@@H]1/C=C/c1ccccc1. The van der Waals surface area contributed by atoms with Gasteiger partial charge in [0.2, 0.25) is 0 Å². The third-order valence-corrected chi connectivity index (χ3v) is 4.94. The van der Waals surface area contributed by atoms with E-state index in [2.05, 4.69) is 5.32 Å². The standard InChI is InChI=1S/C26H27NO4/c1-4-30-25(28)22-18(3)27-24(20-14-10-7-11-15-20)23(26(29)31-5-2)21(22)17-16-19-12-8-6-9-13-19/h6-17,21,27H,4-5H2,1-3H3/b17-16+/t21-/m1/s1. The number of hydrogen-bond donors (Lipinski definition) is 1. The molecule has 1 N–H and O–H groups in total. The van der Waals surface area contributed by atoms with Crippen LogP contribution in [0.4, 0.5) is 0 Å². The van der Waals surface area contributed by atoms with E-state index in [1.165, 1.54) is 0 Å². The number of ether oxygens (including phenoxy) is 2. The number of allylic oxidation sites excluding steroid dienone is 2. The minimum atomic E-state index is -0.616. The van der Waals surface area contributed by atoms with Crippen LogP contribution in [0, 0.1) is 5.92 Å². The summed E-state index contributed by atoms with van der Waals surface area (Å²) in [6.07, 6.45) is 3.77. The van der Waals surface area contributed by atoms with Crippen LogP contribution in [0.1, 0.15) is 31.9 Å². The van der Waals surface area contributed by atoms with Crippen molar-refractivity contribution in [2.24, 2.45) is 5.92 Å². The van der Waals surface area contributed by atoms with Crippen molar-refractivity contribution in [3.05, 3.63) is 94.7 Å². The maximum absolute atomic E-state index is 13.1. The number of rotatable bonds is 7. The van der Waals surface area contributed by atoms with E-state index >= 15 is 0 Å². The van der Waals surface area contributed by atoms with Gasteiger partial charge in [0.25, 0.3) is 0 Å². The first-order chi connectivity index (χ1) is 15.1. The summed E-state index contributed by atoms with van der Waals surface area (Å²) in [4.78, 5) is 26.0. The number of esters is 2. The fourth-order valence-corrected chi connectivity index (χ4v) is 3.58. The molecule has 160 valence electrons. The third-order valence-electron chi connectivity index (χ3n) is 4.94. The molecule has 0 saturated carbocycles. The molecule has 0 aliphatic carbocycles. The van der Waals surface area contributed by atoms with E-state index in [1.54, 1.807) is 13.8 Å². The topological polar surface area (TPSA) is 64.6 Å². The predicted molar refractivity (Wildman–Crippen MR) is 121 cm³/mol. The highest BCUT2D eigenvalue weighted by molar-refractivity contribution is 6.04. The molecule has 1 aliphatic heterocycles. The summed E-state index contributed by atoms with van der Waals surface area (Å²) >= 11 is 0. The molecule has 0 radical (unpaired) electrons. The number of dihydropyridines is 1. The molecule has 1 heterocycles. The zero-order valence-corrected chi connectivity index (χ0v) is 18.1. The molecular weight excluding hydrogens is 390 g/mol. The molecular formula is C26H27NO4. The molecule has 0 saturated heterocycles. The van der Waals surface area contributed by atoms with Gasteiger partial charge in [-0.25, -0.2) is 9.59 Å². The van der Waals surface area contributed by atoms with Gasteiger partial charge in [0.05, 0.1) is 30.1 Å². The fraction of sp³-hybridized carbons (Fsp3) is 0.231. The molecule has 1 aliphatic rings. The summed E-state index contributed by atoms with van der Waals surface area (Å²) in [6, 6.07) is 19.3. The summed E-state index contributed by atoms with van der Waals surface area (Å²) in [7, 11) is 0. The Labute approximate surface area is 183 Å². The van der Waals surface area contributed by atoms with Crippen LogP contribution in [-0.2, 0) is 19.1 Å². The Kier molecular flexibility index (Phi) is 7.44. The van der Waals surface area contributed by atoms with Gasteiger partial charge in [0, 0.05) is 11.6 Å². The minimum Gasteiger partial charge on any atom is -0.463 e. The molecule has 2 aromatic rings. The zero-order valence-electron chi connectivity index (χ0n) is 18.1. The Balaban J connectivity index is 2.18. The van der Waals surface area contributed by atoms with E-state index < -0.39 is 17.9 Å². The lowest BCUT2D eigenvalue weighted by Gasteiger charge is -2.30. The fourth-order valence-electron chi connectivity index (χ4n) is 3.58. The van der Waals surface area contributed by atoms with Crippen molar-refractivity contribution in [3.8, 4) is 0 Å². The molecule has 0 unspecified atom stereocenters. The van der Waals surface area contributed by atoms with Crippen LogP contribution in [-0.4, -0.2) is 25.2 Å². The number of benzene rings is 2. The summed E-state index contributed by atoms with van der Waals surface area (Å²) < 4.78 is 10.7. The zero-order chi connectivity index (χ0) is 22.2. The van der Waals surface area contributed by atoms with E-state index in [0.29, 0.717) is 22.5 Å². The van der Waals surface area contributed by atoms with Gasteiger partial charge in [-0.15, -0.1) is 0 Å². The number of hydrogen-bond acceptors (Lipinski definition) is 5. The number of carbonyl (C=O) groups excluding carboxylic acids is 2. The Morgan fingerprint density at radius 2 is 1.42 bits per heavy atom. The first-order valence-electron chi connectivity index (χ1n) is 10.4. The Morgan fingerprint density at radius 3 is 2.00 bits per heavy atom. The molecule has 31 heavy (non-hydrogen) atoms. The van der Waals surface area contributed by atoms with Gasteiger partial charge < -0.3 is 14.8 Å². The van der Waals surface area contributed by atoms with Crippen LogP contribution in [0.2, 0.25) is 0 Å². The van der Waals surface area contributed by atoms with Gasteiger partial charge in [-0.3, -0.25) is 0 Å². The maximum atomic E-state index is 13.1. The summed E-state index contributed by atoms with van der Waals surface area (Å²) in [6.45, 7) is 5.82. The molecule has 5 nitrogen and oxygen atoms in total. The van der Waals surface area contributed by atoms with Gasteiger partial charge in [-0.1, -0.05) is 72.8 Å². The van der Waals surface area contributed by atoms with Crippen LogP contribution < -0.4 is 5.32 Å². The molecule has 0 fully saturated rings. The molecule has 3 rings (SSSR count). The van der Waals surface area contributed by atoms with E-state index in [-0.39, 0.29) is 13.2 Å². The summed E-state index contributed by atoms with van der Waals surface area (Å²) in [5.41, 5.74) is 3.86. The second-order valence-corrected chi connectivity index (χ2v) is 7.01. The third kappa shape index (κ3) is 5.12. The highest BCUT2D eigenvalue weighted by atomic mass is 16.5. The monoisotopic (exact) mass is 417 g/mol. The second kappa shape index (κ2) is 10.4. The van der Waals surface area contributed by atoms with E-state index in [4.69, 9.17) is 9.47 Å². The lowest BCUT2D eigenvalue weighted by atomic mass is 9.83. The van der Waals surface area contributed by atoms with Crippen LogP contribution in [0.15, 0.2) is 83.6 Å². The van der Waals surface area contributed by atoms with Gasteiger partial charge in [0.1, 0.15) is 0 Å². The smallest absolute Gasteiger partial charge is 0.337 e. The van der Waals surface area contributed by atoms with Crippen LogP contribution in [0.25, 0.3) is 11.8 Å². The average molecular weight is 418 g/mol. The van der Waals surface area contributed by atoms with Crippen molar-refractivity contribution in [2.75, 3.05) is 13.2 Å². The number of nitrogens with one attached hydrogen (secondary N) is 1. The lowest BCUT2D eigenvalue weighted by molar-refractivity contribution is -0.139. The lowest BCUT2D eigenvalue weighted by Crippen LogP contribution is -2.33. The molecule has 2 aromatic carbocycles. The summed E-state index contributed by atoms with van der Waals surface area (Å²) in [5, 5.41) is 3.26. The molecule has 0 aromatic heterocycles. The predicted octanol–water partition coefficient (Wildman–Crippen LogP) is 4.73. The quantitative estimate of drug-likeness (QED) is 0.660. The van der Waals surface area contributed by atoms with Gasteiger partial charge in [-0.2, -0.15) is 0 Å². The summed E-state index contributed by atoms with van der Waals surface area (Å²) in [5.74, 6) is -1.54. The highest BCUT2D eigenvalue weighted by Gasteiger charge is 2.36. The van der Waals surface area contributed by atoms with Crippen LogP contribution in [0.5, 0.6) is 0 Å². The van der Waals surface area contributed by atoms with Crippen molar-refractivity contribution in [1.29, 1.82) is 0 Å². The van der Waals surface area contributed by atoms with Gasteiger partial charge >= 0.3 is 11.9 Å². The van der Waals surface area contributed by atoms with Crippen molar-refractivity contribution in [1.82, 2.24) is 5.32 Å². The maximum Gasteiger partial charge on any atom is 0.337 e. The Bertz CT molecular complexity index is 1020. The average Bonchev–Trinajstić information content (AvgIpc) is 2.78.